The quantitative estimate of drug-likeness (QED) is 0.919. The van der Waals surface area contributed by atoms with Crippen LogP contribution in [0.5, 0.6) is 5.75 Å². The molecule has 19 heavy (non-hydrogen) atoms. The molecular weight excluding hydrogens is 288 g/mol. The number of rotatable bonds is 2. The molecule has 1 aromatic heterocycles. The number of hydrogen-bond donors (Lipinski definition) is 1. The van der Waals surface area contributed by atoms with Gasteiger partial charge >= 0.3 is 0 Å². The molecule has 1 aliphatic heterocycles. The molecule has 7 heteroatoms. The van der Waals surface area contributed by atoms with Crippen LogP contribution >= 0.6 is 23.4 Å². The zero-order chi connectivity index (χ0) is 13.2. The number of thioether (sulfide) groups is 1. The number of nitrogens with zero attached hydrogens (tertiary/aromatic N) is 2. The molecule has 0 saturated carbocycles. The Bertz CT molecular complexity index is 584. The summed E-state index contributed by atoms with van der Waals surface area (Å²) in [6.45, 7) is 0.687. The molecule has 0 spiro atoms. The number of phenolic OH excluding ortho intramolecular Hbond substituents is 1. The zero-order valence-corrected chi connectivity index (χ0v) is 11.4. The van der Waals surface area contributed by atoms with Gasteiger partial charge in [0, 0.05) is 11.5 Å². The van der Waals surface area contributed by atoms with E-state index in [1.54, 1.807) is 17.8 Å². The van der Waals surface area contributed by atoms with Gasteiger partial charge < -0.3 is 14.4 Å². The summed E-state index contributed by atoms with van der Waals surface area (Å²) in [7, 11) is 0. The summed E-state index contributed by atoms with van der Waals surface area (Å²) in [6.07, 6.45) is -0.146. The van der Waals surface area contributed by atoms with Crippen LogP contribution in [0.15, 0.2) is 22.7 Å². The van der Waals surface area contributed by atoms with Crippen molar-refractivity contribution in [3.63, 3.8) is 0 Å². The molecule has 1 aliphatic rings. The van der Waals surface area contributed by atoms with Crippen LogP contribution in [0.25, 0.3) is 11.5 Å². The first-order chi connectivity index (χ1) is 9.24. The van der Waals surface area contributed by atoms with Crippen LogP contribution < -0.4 is 0 Å². The molecule has 0 bridgehead atoms. The van der Waals surface area contributed by atoms with Gasteiger partial charge in [0.25, 0.3) is 5.89 Å². The second-order valence-electron chi connectivity index (χ2n) is 4.06. The Kier molecular flexibility index (Phi) is 3.63. The smallest absolute Gasteiger partial charge is 0.259 e. The monoisotopic (exact) mass is 298 g/mol. The van der Waals surface area contributed by atoms with E-state index >= 15 is 0 Å². The molecule has 2 aromatic rings. The van der Waals surface area contributed by atoms with Crippen LogP contribution in [0.4, 0.5) is 0 Å². The molecular formula is C12H11ClN2O3S. The van der Waals surface area contributed by atoms with E-state index in [4.69, 9.17) is 20.9 Å². The molecule has 1 atom stereocenters. The van der Waals surface area contributed by atoms with E-state index in [1.807, 2.05) is 0 Å². The lowest BCUT2D eigenvalue weighted by Crippen LogP contribution is -2.16. The van der Waals surface area contributed by atoms with Crippen LogP contribution in [0, 0.1) is 0 Å². The van der Waals surface area contributed by atoms with Gasteiger partial charge in [-0.1, -0.05) is 16.8 Å². The van der Waals surface area contributed by atoms with E-state index in [0.29, 0.717) is 23.0 Å². The number of aromatic hydroxyl groups is 1. The van der Waals surface area contributed by atoms with Crippen LogP contribution in [0.3, 0.4) is 0 Å². The van der Waals surface area contributed by atoms with Crippen molar-refractivity contribution in [2.45, 2.75) is 6.10 Å². The normalized spacial score (nSPS) is 19.5. The van der Waals surface area contributed by atoms with Crippen molar-refractivity contribution >= 4 is 23.4 Å². The van der Waals surface area contributed by atoms with E-state index in [-0.39, 0.29) is 17.7 Å². The largest absolute Gasteiger partial charge is 0.508 e. The molecule has 2 heterocycles. The topological polar surface area (TPSA) is 68.4 Å². The molecule has 100 valence electrons. The first kappa shape index (κ1) is 12.8. The lowest BCUT2D eigenvalue weighted by atomic mass is 10.2. The van der Waals surface area contributed by atoms with Gasteiger partial charge in [0.1, 0.15) is 11.9 Å². The second-order valence-corrected chi connectivity index (χ2v) is 5.61. The van der Waals surface area contributed by atoms with Crippen LogP contribution in [-0.2, 0) is 4.74 Å². The van der Waals surface area contributed by atoms with Gasteiger partial charge in [0.15, 0.2) is 0 Å². The Morgan fingerprint density at radius 1 is 1.42 bits per heavy atom. The summed E-state index contributed by atoms with van der Waals surface area (Å²) >= 11 is 7.85. The van der Waals surface area contributed by atoms with Gasteiger partial charge in [0.05, 0.1) is 17.2 Å². The number of benzene rings is 1. The maximum absolute atomic E-state index is 9.48. The number of halogens is 1. The van der Waals surface area contributed by atoms with E-state index in [1.165, 1.54) is 12.1 Å². The molecule has 1 saturated heterocycles. The van der Waals surface area contributed by atoms with Crippen LogP contribution in [0.1, 0.15) is 11.9 Å². The Hall–Kier alpha value is -1.24. The highest BCUT2D eigenvalue weighted by atomic mass is 35.5. The Labute approximate surface area is 118 Å². The maximum atomic E-state index is 9.48. The Balaban J connectivity index is 1.89. The highest BCUT2D eigenvalue weighted by Gasteiger charge is 2.23. The fraction of sp³-hybridized carbons (Fsp3) is 0.333. The van der Waals surface area contributed by atoms with Crippen molar-refractivity contribution in [3.8, 4) is 17.2 Å². The zero-order valence-electron chi connectivity index (χ0n) is 9.88. The predicted molar refractivity (Wildman–Crippen MR) is 72.4 cm³/mol. The minimum Gasteiger partial charge on any atom is -0.508 e. The van der Waals surface area contributed by atoms with Gasteiger partial charge in [-0.3, -0.25) is 0 Å². The molecule has 5 nitrogen and oxygen atoms in total. The Morgan fingerprint density at radius 2 is 2.32 bits per heavy atom. The fourth-order valence-corrected chi connectivity index (χ4v) is 2.83. The van der Waals surface area contributed by atoms with Crippen molar-refractivity contribution in [2.75, 3.05) is 18.1 Å². The van der Waals surface area contributed by atoms with Crippen LogP contribution in [0.2, 0.25) is 5.02 Å². The summed E-state index contributed by atoms with van der Waals surface area (Å²) < 4.78 is 10.8. The van der Waals surface area contributed by atoms with E-state index in [9.17, 15) is 5.11 Å². The molecule has 3 rings (SSSR count). The minimum absolute atomic E-state index is 0.101. The van der Waals surface area contributed by atoms with Crippen molar-refractivity contribution in [2.24, 2.45) is 0 Å². The minimum atomic E-state index is -0.146. The number of phenols is 1. The standard InChI is InChI=1S/C12H11ClN2O3S/c13-9-2-1-7(16)5-8(9)12-14-11(15-18-12)10-6-19-4-3-17-10/h1-2,5,10,16H,3-4,6H2. The van der Waals surface area contributed by atoms with Gasteiger partial charge in [-0.15, -0.1) is 0 Å². The third-order valence-electron chi connectivity index (χ3n) is 2.73. The summed E-state index contributed by atoms with van der Waals surface area (Å²) in [5.41, 5.74) is 0.517. The summed E-state index contributed by atoms with van der Waals surface area (Å²) in [6, 6.07) is 4.59. The molecule has 1 unspecified atom stereocenters. The summed E-state index contributed by atoms with van der Waals surface area (Å²) in [5, 5.41) is 13.9. The molecule has 0 aliphatic carbocycles. The average Bonchev–Trinajstić information content (AvgIpc) is 2.92. The SMILES string of the molecule is Oc1ccc(Cl)c(-c2nc(C3CSCCO3)no2)c1. The molecule has 0 amide bonds. The highest BCUT2D eigenvalue weighted by molar-refractivity contribution is 7.99. The van der Waals surface area contributed by atoms with Gasteiger partial charge in [-0.05, 0) is 18.2 Å². The van der Waals surface area contributed by atoms with Crippen molar-refractivity contribution in [1.82, 2.24) is 10.1 Å². The summed E-state index contributed by atoms with van der Waals surface area (Å²) in [4.78, 5) is 4.29. The Morgan fingerprint density at radius 3 is 3.11 bits per heavy atom. The van der Waals surface area contributed by atoms with E-state index < -0.39 is 0 Å². The van der Waals surface area contributed by atoms with Crippen molar-refractivity contribution in [1.29, 1.82) is 0 Å². The molecule has 0 radical (unpaired) electrons. The average molecular weight is 299 g/mol. The van der Waals surface area contributed by atoms with Crippen molar-refractivity contribution in [3.05, 3.63) is 29.0 Å². The summed E-state index contributed by atoms with van der Waals surface area (Å²) in [5.74, 6) is 2.70. The highest BCUT2D eigenvalue weighted by Crippen LogP contribution is 2.32. The van der Waals surface area contributed by atoms with Crippen LogP contribution in [-0.4, -0.2) is 33.4 Å². The lowest BCUT2D eigenvalue weighted by molar-refractivity contribution is 0.0677. The third kappa shape index (κ3) is 2.70. The van der Waals surface area contributed by atoms with Gasteiger partial charge in [0.2, 0.25) is 5.82 Å². The number of hydrogen-bond acceptors (Lipinski definition) is 6. The predicted octanol–water partition coefficient (Wildman–Crippen LogP) is 2.90. The van der Waals surface area contributed by atoms with E-state index in [2.05, 4.69) is 10.1 Å². The van der Waals surface area contributed by atoms with Crippen molar-refractivity contribution < 1.29 is 14.4 Å². The first-order valence-electron chi connectivity index (χ1n) is 5.76. The second kappa shape index (κ2) is 5.40. The van der Waals surface area contributed by atoms with E-state index in [0.717, 1.165) is 11.5 Å². The molecule has 1 N–H and O–H groups in total. The fourth-order valence-electron chi connectivity index (χ4n) is 1.79. The third-order valence-corrected chi connectivity index (χ3v) is 4.05. The first-order valence-corrected chi connectivity index (χ1v) is 7.29. The number of ether oxygens (including phenoxy) is 1. The number of aromatic nitrogens is 2. The van der Waals surface area contributed by atoms with Gasteiger partial charge in [-0.25, -0.2) is 0 Å². The lowest BCUT2D eigenvalue weighted by Gasteiger charge is -2.18. The molecule has 1 fully saturated rings. The molecule has 1 aromatic carbocycles. The maximum Gasteiger partial charge on any atom is 0.259 e. The van der Waals surface area contributed by atoms with Gasteiger partial charge in [-0.2, -0.15) is 16.7 Å².